The molecule has 1 atom stereocenters. The average Bonchev–Trinajstić information content (AvgIpc) is 1.80. The number of hydrogen-bond acceptors (Lipinski definition) is 2. The molecule has 0 bridgehead atoms. The Morgan fingerprint density at radius 1 is 1.56 bits per heavy atom. The predicted octanol–water partition coefficient (Wildman–Crippen LogP) is 0.758. The lowest BCUT2D eigenvalue weighted by atomic mass is 10.1. The van der Waals surface area contributed by atoms with Gasteiger partial charge in [0.1, 0.15) is 6.23 Å². The monoisotopic (exact) mass is 125 g/mol. The van der Waals surface area contributed by atoms with Crippen LogP contribution in [0.25, 0.3) is 0 Å². The second kappa shape index (κ2) is 2.23. The van der Waals surface area contributed by atoms with Gasteiger partial charge in [-0.3, -0.25) is 0 Å². The lowest BCUT2D eigenvalue weighted by Gasteiger charge is -2.16. The molecule has 0 fully saturated rings. The Morgan fingerprint density at radius 3 is 2.67 bits per heavy atom. The quantitative estimate of drug-likeness (QED) is 0.501. The van der Waals surface area contributed by atoms with Gasteiger partial charge in [-0.05, 0) is 25.0 Å². The molecule has 2 nitrogen and oxygen atoms in total. The maximum atomic E-state index is 9.07. The van der Waals surface area contributed by atoms with Crippen molar-refractivity contribution in [2.75, 3.05) is 0 Å². The molecule has 2 N–H and O–H groups in total. The van der Waals surface area contributed by atoms with E-state index in [0.717, 1.165) is 11.1 Å². The highest BCUT2D eigenvalue weighted by atomic mass is 16.3. The number of dihydropyridines is 1. The van der Waals surface area contributed by atoms with Crippen molar-refractivity contribution in [3.8, 4) is 0 Å². The topological polar surface area (TPSA) is 32.3 Å². The first-order valence-corrected chi connectivity index (χ1v) is 2.99. The molecule has 50 valence electrons. The zero-order valence-corrected chi connectivity index (χ0v) is 5.68. The van der Waals surface area contributed by atoms with Crippen LogP contribution in [0.2, 0.25) is 0 Å². The van der Waals surface area contributed by atoms with Crippen LogP contribution in [0.15, 0.2) is 23.4 Å². The van der Waals surface area contributed by atoms with Gasteiger partial charge >= 0.3 is 0 Å². The standard InChI is InChI=1S/C7H11NO/c1-5-3-6(2)7(9)8-4-5/h3-4,7-9H,1-2H3. The highest BCUT2D eigenvalue weighted by molar-refractivity contribution is 5.26. The predicted molar refractivity (Wildman–Crippen MR) is 36.7 cm³/mol. The maximum absolute atomic E-state index is 9.07. The summed E-state index contributed by atoms with van der Waals surface area (Å²) in [6.07, 6.45) is 3.28. The summed E-state index contributed by atoms with van der Waals surface area (Å²) in [7, 11) is 0. The minimum atomic E-state index is -0.478. The highest BCUT2D eigenvalue weighted by Crippen LogP contribution is 2.08. The Hall–Kier alpha value is -0.760. The smallest absolute Gasteiger partial charge is 0.146 e. The molecule has 2 heteroatoms. The first-order chi connectivity index (χ1) is 4.20. The molecule has 1 heterocycles. The van der Waals surface area contributed by atoms with Crippen molar-refractivity contribution in [3.05, 3.63) is 23.4 Å². The fourth-order valence-electron chi connectivity index (χ4n) is 0.822. The van der Waals surface area contributed by atoms with Crippen LogP contribution in [-0.2, 0) is 0 Å². The molecular formula is C7H11NO. The third kappa shape index (κ3) is 1.33. The number of aliphatic hydroxyl groups is 1. The van der Waals surface area contributed by atoms with Gasteiger partial charge in [-0.2, -0.15) is 0 Å². The number of hydrogen-bond donors (Lipinski definition) is 2. The summed E-state index contributed by atoms with van der Waals surface area (Å²) in [6.45, 7) is 3.89. The van der Waals surface area contributed by atoms with Crippen molar-refractivity contribution in [1.29, 1.82) is 0 Å². The van der Waals surface area contributed by atoms with E-state index in [-0.39, 0.29) is 0 Å². The molecule has 0 aromatic heterocycles. The minimum absolute atomic E-state index is 0.478. The third-order valence-corrected chi connectivity index (χ3v) is 1.36. The molecule has 0 amide bonds. The van der Waals surface area contributed by atoms with Gasteiger partial charge < -0.3 is 10.4 Å². The largest absolute Gasteiger partial charge is 0.370 e. The van der Waals surface area contributed by atoms with Crippen LogP contribution in [0.5, 0.6) is 0 Å². The summed E-state index contributed by atoms with van der Waals surface area (Å²) < 4.78 is 0. The summed E-state index contributed by atoms with van der Waals surface area (Å²) in [5.41, 5.74) is 2.12. The molecular weight excluding hydrogens is 114 g/mol. The van der Waals surface area contributed by atoms with Crippen molar-refractivity contribution >= 4 is 0 Å². The Balaban J connectivity index is 2.74. The van der Waals surface area contributed by atoms with E-state index in [2.05, 4.69) is 5.32 Å². The van der Waals surface area contributed by atoms with Gasteiger partial charge in [0.25, 0.3) is 0 Å². The van der Waals surface area contributed by atoms with Crippen molar-refractivity contribution in [3.63, 3.8) is 0 Å². The van der Waals surface area contributed by atoms with Gasteiger partial charge in [0, 0.05) is 6.20 Å². The van der Waals surface area contributed by atoms with Crippen molar-refractivity contribution in [1.82, 2.24) is 5.32 Å². The Bertz CT molecular complexity index is 170. The second-order valence-corrected chi connectivity index (χ2v) is 2.35. The van der Waals surface area contributed by atoms with Crippen LogP contribution in [0.3, 0.4) is 0 Å². The van der Waals surface area contributed by atoms with Gasteiger partial charge in [-0.25, -0.2) is 0 Å². The van der Waals surface area contributed by atoms with Gasteiger partial charge in [0.2, 0.25) is 0 Å². The third-order valence-electron chi connectivity index (χ3n) is 1.36. The highest BCUT2D eigenvalue weighted by Gasteiger charge is 2.06. The molecule has 1 rings (SSSR count). The van der Waals surface area contributed by atoms with Gasteiger partial charge in [-0.15, -0.1) is 0 Å². The molecule has 0 radical (unpaired) electrons. The summed E-state index contributed by atoms with van der Waals surface area (Å²) in [5, 5.41) is 11.9. The van der Waals surface area contributed by atoms with Crippen LogP contribution in [0.1, 0.15) is 13.8 Å². The first kappa shape index (κ1) is 6.36. The molecule has 0 saturated heterocycles. The number of aliphatic hydroxyl groups excluding tert-OH is 1. The molecule has 1 aliphatic heterocycles. The van der Waals surface area contributed by atoms with E-state index < -0.39 is 6.23 Å². The molecule has 0 spiro atoms. The van der Waals surface area contributed by atoms with Crippen molar-refractivity contribution < 1.29 is 5.11 Å². The van der Waals surface area contributed by atoms with Crippen LogP contribution in [-0.4, -0.2) is 11.3 Å². The van der Waals surface area contributed by atoms with Crippen molar-refractivity contribution in [2.24, 2.45) is 0 Å². The van der Waals surface area contributed by atoms with Crippen LogP contribution < -0.4 is 5.32 Å². The van der Waals surface area contributed by atoms with E-state index in [1.807, 2.05) is 19.9 Å². The number of nitrogens with one attached hydrogen (secondary N) is 1. The van der Waals surface area contributed by atoms with Crippen LogP contribution in [0, 0.1) is 0 Å². The fraction of sp³-hybridized carbons (Fsp3) is 0.429. The zero-order valence-electron chi connectivity index (χ0n) is 5.68. The normalized spacial score (nSPS) is 26.3. The summed E-state index contributed by atoms with van der Waals surface area (Å²) in [4.78, 5) is 0. The summed E-state index contributed by atoms with van der Waals surface area (Å²) in [5.74, 6) is 0. The van der Waals surface area contributed by atoms with E-state index in [0.29, 0.717) is 0 Å². The van der Waals surface area contributed by atoms with E-state index >= 15 is 0 Å². The number of allylic oxidation sites excluding steroid dienone is 2. The average molecular weight is 125 g/mol. The second-order valence-electron chi connectivity index (χ2n) is 2.35. The van der Waals surface area contributed by atoms with Gasteiger partial charge in [0.15, 0.2) is 0 Å². The molecule has 1 aliphatic rings. The van der Waals surface area contributed by atoms with E-state index in [9.17, 15) is 0 Å². The van der Waals surface area contributed by atoms with Gasteiger partial charge in [-0.1, -0.05) is 6.08 Å². The SMILES string of the molecule is CC1=CNC(O)C(C)=C1. The molecule has 0 aromatic rings. The number of rotatable bonds is 0. The Labute approximate surface area is 54.9 Å². The Kier molecular flexibility index (Phi) is 1.58. The lowest BCUT2D eigenvalue weighted by Crippen LogP contribution is -2.27. The fourth-order valence-corrected chi connectivity index (χ4v) is 0.822. The summed E-state index contributed by atoms with van der Waals surface area (Å²) >= 11 is 0. The molecule has 0 aliphatic carbocycles. The van der Waals surface area contributed by atoms with Crippen LogP contribution in [0.4, 0.5) is 0 Å². The maximum Gasteiger partial charge on any atom is 0.146 e. The van der Waals surface area contributed by atoms with Crippen molar-refractivity contribution in [2.45, 2.75) is 20.1 Å². The van der Waals surface area contributed by atoms with E-state index in [1.165, 1.54) is 0 Å². The Morgan fingerprint density at radius 2 is 2.22 bits per heavy atom. The van der Waals surface area contributed by atoms with E-state index in [1.54, 1.807) is 6.20 Å². The molecule has 9 heavy (non-hydrogen) atoms. The molecule has 1 unspecified atom stereocenters. The molecule has 0 saturated carbocycles. The minimum Gasteiger partial charge on any atom is -0.370 e. The van der Waals surface area contributed by atoms with Gasteiger partial charge in [0.05, 0.1) is 0 Å². The van der Waals surface area contributed by atoms with Crippen LogP contribution >= 0.6 is 0 Å². The van der Waals surface area contributed by atoms with E-state index in [4.69, 9.17) is 5.11 Å². The first-order valence-electron chi connectivity index (χ1n) is 2.99. The lowest BCUT2D eigenvalue weighted by molar-refractivity contribution is 0.187. The molecule has 0 aromatic carbocycles. The zero-order chi connectivity index (χ0) is 6.85. The summed E-state index contributed by atoms with van der Waals surface area (Å²) in [6, 6.07) is 0.